The highest BCUT2D eigenvalue weighted by atomic mass is 28.4. The van der Waals surface area contributed by atoms with Gasteiger partial charge in [0.2, 0.25) is 0 Å². The number of nitrogens with zero attached hydrogens (tertiary/aromatic N) is 3. The Morgan fingerprint density at radius 1 is 1.12 bits per heavy atom. The van der Waals surface area contributed by atoms with Crippen LogP contribution in [-0.2, 0) is 14.7 Å². The quantitative estimate of drug-likeness (QED) is 0.260. The summed E-state index contributed by atoms with van der Waals surface area (Å²) in [7, 11) is -1.80. The Bertz CT molecular complexity index is 1250. The molecule has 240 valence electrons. The number of carbonyl (C=O) groups is 1. The molecule has 0 radical (unpaired) electrons. The molecule has 2 heterocycles. The van der Waals surface area contributed by atoms with Gasteiger partial charge in [-0.15, -0.1) is 0 Å². The van der Waals surface area contributed by atoms with Gasteiger partial charge in [0.1, 0.15) is 11.4 Å². The molecule has 3 rings (SSSR count). The molecule has 8 nitrogen and oxygen atoms in total. The van der Waals surface area contributed by atoms with E-state index in [1.165, 1.54) is 0 Å². The van der Waals surface area contributed by atoms with Crippen LogP contribution in [0.25, 0.3) is 6.08 Å². The SMILES string of the molecule is C[C@@H](CC/C=C/c1cc(Nc2cc([C@H]3CC[C@@H](O[Si](C)(C)C(C)(C)C)C3)nn2C(C)(C)C)ccn1)NC(=O)OC(C)(C)C. The lowest BCUT2D eigenvalue weighted by molar-refractivity contribution is 0.0506. The molecule has 1 amide bonds. The van der Waals surface area contributed by atoms with Gasteiger partial charge in [0.15, 0.2) is 8.32 Å². The molecule has 0 saturated heterocycles. The van der Waals surface area contributed by atoms with Crippen molar-refractivity contribution >= 4 is 32.0 Å². The number of aromatic nitrogens is 3. The Morgan fingerprint density at radius 2 is 1.81 bits per heavy atom. The van der Waals surface area contributed by atoms with E-state index >= 15 is 0 Å². The summed E-state index contributed by atoms with van der Waals surface area (Å²) in [6.45, 7) is 25.8. The van der Waals surface area contributed by atoms with Crippen molar-refractivity contribution in [1.29, 1.82) is 0 Å². The molecular formula is C34H57N5O3Si. The molecule has 0 aliphatic heterocycles. The van der Waals surface area contributed by atoms with E-state index in [-0.39, 0.29) is 22.7 Å². The van der Waals surface area contributed by atoms with Gasteiger partial charge in [-0.05, 0) is 117 Å². The molecule has 2 aromatic rings. The lowest BCUT2D eigenvalue weighted by atomic mass is 10.0. The first-order valence-electron chi connectivity index (χ1n) is 15.9. The number of amides is 1. The summed E-state index contributed by atoms with van der Waals surface area (Å²) in [5.41, 5.74) is 2.32. The van der Waals surface area contributed by atoms with Crippen molar-refractivity contribution in [1.82, 2.24) is 20.1 Å². The first-order valence-corrected chi connectivity index (χ1v) is 18.8. The number of alkyl carbamates (subject to hydrolysis) is 1. The predicted octanol–water partition coefficient (Wildman–Crippen LogP) is 9.14. The van der Waals surface area contributed by atoms with E-state index in [1.807, 2.05) is 46.0 Å². The molecule has 2 N–H and O–H groups in total. The summed E-state index contributed by atoms with van der Waals surface area (Å²) in [6.07, 6.45) is 10.7. The van der Waals surface area contributed by atoms with Crippen LogP contribution in [0.4, 0.5) is 16.3 Å². The third kappa shape index (κ3) is 10.5. The molecule has 0 aromatic carbocycles. The number of pyridine rings is 1. The summed E-state index contributed by atoms with van der Waals surface area (Å²) in [5.74, 6) is 1.39. The normalized spacial score (nSPS) is 19.1. The summed E-state index contributed by atoms with van der Waals surface area (Å²) < 4.78 is 14.2. The smallest absolute Gasteiger partial charge is 0.407 e. The maximum absolute atomic E-state index is 12.0. The van der Waals surface area contributed by atoms with E-state index in [9.17, 15) is 4.79 Å². The van der Waals surface area contributed by atoms with Crippen LogP contribution in [0.3, 0.4) is 0 Å². The second-order valence-electron chi connectivity index (χ2n) is 15.7. The Morgan fingerprint density at radius 3 is 2.44 bits per heavy atom. The number of anilines is 2. The molecule has 1 saturated carbocycles. The zero-order valence-electron chi connectivity index (χ0n) is 28.8. The molecular weight excluding hydrogens is 554 g/mol. The minimum Gasteiger partial charge on any atom is -0.444 e. The van der Waals surface area contributed by atoms with Gasteiger partial charge in [-0.2, -0.15) is 5.10 Å². The highest BCUT2D eigenvalue weighted by molar-refractivity contribution is 6.74. The first-order chi connectivity index (χ1) is 19.7. The number of rotatable bonds is 10. The lowest BCUT2D eigenvalue weighted by Gasteiger charge is -2.38. The van der Waals surface area contributed by atoms with Crippen molar-refractivity contribution < 1.29 is 14.0 Å². The number of carbonyl (C=O) groups excluding carboxylic acids is 1. The molecule has 0 unspecified atom stereocenters. The van der Waals surface area contributed by atoms with Crippen LogP contribution in [0.1, 0.15) is 119 Å². The number of allylic oxidation sites excluding steroid dienone is 1. The van der Waals surface area contributed by atoms with E-state index in [0.29, 0.717) is 12.0 Å². The Labute approximate surface area is 261 Å². The minimum atomic E-state index is -1.80. The highest BCUT2D eigenvalue weighted by Crippen LogP contribution is 2.43. The molecule has 1 aliphatic carbocycles. The van der Waals surface area contributed by atoms with Crippen molar-refractivity contribution in [3.05, 3.63) is 41.9 Å². The Hall–Kier alpha value is -2.65. The monoisotopic (exact) mass is 611 g/mol. The van der Waals surface area contributed by atoms with Gasteiger partial charge in [0.05, 0.1) is 16.9 Å². The van der Waals surface area contributed by atoms with Gasteiger partial charge in [-0.1, -0.05) is 26.8 Å². The molecule has 1 fully saturated rings. The first kappa shape index (κ1) is 34.8. The molecule has 43 heavy (non-hydrogen) atoms. The van der Waals surface area contributed by atoms with Crippen LogP contribution < -0.4 is 10.6 Å². The van der Waals surface area contributed by atoms with Crippen molar-refractivity contribution in [3.8, 4) is 0 Å². The zero-order valence-corrected chi connectivity index (χ0v) is 29.8. The van der Waals surface area contributed by atoms with Crippen molar-refractivity contribution in [2.75, 3.05) is 5.32 Å². The van der Waals surface area contributed by atoms with Crippen LogP contribution in [0.5, 0.6) is 0 Å². The Balaban J connectivity index is 1.64. The third-order valence-corrected chi connectivity index (χ3v) is 12.8. The second kappa shape index (κ2) is 13.5. The number of hydrogen-bond donors (Lipinski definition) is 2. The molecule has 1 aliphatic rings. The van der Waals surface area contributed by atoms with Gasteiger partial charge in [-0.3, -0.25) is 4.98 Å². The fourth-order valence-corrected chi connectivity index (χ4v) is 6.41. The summed E-state index contributed by atoms with van der Waals surface area (Å²) >= 11 is 0. The van der Waals surface area contributed by atoms with E-state index in [2.05, 4.69) is 93.1 Å². The summed E-state index contributed by atoms with van der Waals surface area (Å²) in [6, 6.07) is 6.28. The fraction of sp³-hybridized carbons (Fsp3) is 0.676. The number of ether oxygens (including phenoxy) is 1. The zero-order chi connectivity index (χ0) is 32.2. The second-order valence-corrected chi connectivity index (χ2v) is 20.4. The third-order valence-electron chi connectivity index (χ3n) is 8.31. The summed E-state index contributed by atoms with van der Waals surface area (Å²) in [4.78, 5) is 16.5. The van der Waals surface area contributed by atoms with Crippen molar-refractivity contribution in [3.63, 3.8) is 0 Å². The van der Waals surface area contributed by atoms with E-state index < -0.39 is 13.9 Å². The van der Waals surface area contributed by atoms with E-state index in [4.69, 9.17) is 14.3 Å². The minimum absolute atomic E-state index is 0.0149. The average Bonchev–Trinajstić information content (AvgIpc) is 3.47. The van der Waals surface area contributed by atoms with Crippen LogP contribution in [0.15, 0.2) is 30.5 Å². The molecule has 9 heteroatoms. The topological polar surface area (TPSA) is 90.3 Å². The standard InChI is InChI=1S/C34H57N5O3Si/c1-24(36-31(40)41-33(5,6)7)15-13-14-16-26-22-27(19-20-35-26)37-30-23-29(38-39(30)32(2,3)4)25-17-18-28(21-25)42-43(11,12)34(8,9)10/h14,16,19-20,22-25,28H,13,15,17-18,21H2,1-12H3,(H,35,37)(H,36,40)/b16-14+/t24-,25-,28+/m0/s1. The highest BCUT2D eigenvalue weighted by Gasteiger charge is 2.41. The predicted molar refractivity (Wildman–Crippen MR) is 181 cm³/mol. The lowest BCUT2D eigenvalue weighted by Crippen LogP contribution is -2.43. The van der Waals surface area contributed by atoms with Crippen LogP contribution in [0, 0.1) is 0 Å². The van der Waals surface area contributed by atoms with E-state index in [0.717, 1.165) is 55.0 Å². The van der Waals surface area contributed by atoms with Crippen molar-refractivity contribution in [2.24, 2.45) is 0 Å². The van der Waals surface area contributed by atoms with Gasteiger partial charge in [-0.25, -0.2) is 9.48 Å². The molecule has 2 aromatic heterocycles. The largest absolute Gasteiger partial charge is 0.444 e. The van der Waals surface area contributed by atoms with Gasteiger partial charge in [0.25, 0.3) is 0 Å². The van der Waals surface area contributed by atoms with Crippen LogP contribution in [-0.4, -0.2) is 46.9 Å². The van der Waals surface area contributed by atoms with Crippen molar-refractivity contribution in [2.45, 2.75) is 149 Å². The molecule has 0 bridgehead atoms. The van der Waals surface area contributed by atoms with Crippen LogP contribution in [0.2, 0.25) is 18.1 Å². The molecule has 0 spiro atoms. The fourth-order valence-electron chi connectivity index (χ4n) is 5.00. The Kier molecular flexibility index (Phi) is 11.0. The summed E-state index contributed by atoms with van der Waals surface area (Å²) in [5, 5.41) is 11.9. The number of hydrogen-bond acceptors (Lipinski definition) is 6. The van der Waals surface area contributed by atoms with Crippen LogP contribution >= 0.6 is 0 Å². The maximum atomic E-state index is 12.0. The molecule has 3 atom stereocenters. The average molecular weight is 612 g/mol. The van der Waals surface area contributed by atoms with Gasteiger partial charge >= 0.3 is 6.09 Å². The maximum Gasteiger partial charge on any atom is 0.407 e. The van der Waals surface area contributed by atoms with E-state index in [1.54, 1.807) is 0 Å². The van der Waals surface area contributed by atoms with Gasteiger partial charge < -0.3 is 19.8 Å². The van der Waals surface area contributed by atoms with Gasteiger partial charge in [0, 0.05) is 36.0 Å². The number of nitrogens with one attached hydrogen (secondary N) is 2.